The number of hydrogen-bond acceptors (Lipinski definition) is 4. The van der Waals surface area contributed by atoms with Gasteiger partial charge in [-0.15, -0.1) is 71.8 Å². The molecule has 0 spiro atoms. The first-order valence-electron chi connectivity index (χ1n) is 17.5. The third-order valence-electron chi connectivity index (χ3n) is 8.99. The molecule has 0 amide bonds. The topological polar surface area (TPSA) is 58.9 Å². The summed E-state index contributed by atoms with van der Waals surface area (Å²) in [5, 5.41) is 15.5. The summed E-state index contributed by atoms with van der Waals surface area (Å²) in [5.41, 5.74) is 6.78. The fraction of sp³-hybridized carbons (Fsp3) is 0.0408. The number of aromatic nitrogens is 3. The monoisotopic (exact) mass is 876 g/mol. The molecule has 0 fully saturated rings. The molecule has 1 atom stereocenters. The molecule has 1 N–H and O–H groups in total. The van der Waals surface area contributed by atoms with Crippen LogP contribution < -0.4 is 0 Å². The zero-order valence-corrected chi connectivity index (χ0v) is 32.1. The summed E-state index contributed by atoms with van der Waals surface area (Å²) in [6.45, 7) is 1.77. The molecule has 0 aliphatic carbocycles. The van der Waals surface area contributed by atoms with E-state index in [0.717, 1.165) is 33.6 Å². The van der Waals surface area contributed by atoms with E-state index in [-0.39, 0.29) is 20.1 Å². The van der Waals surface area contributed by atoms with Crippen LogP contribution >= 0.6 is 0 Å². The number of rotatable bonds is 5. The fourth-order valence-electron chi connectivity index (χ4n) is 6.17. The summed E-state index contributed by atoms with van der Waals surface area (Å²) in [4.78, 5) is 13.1. The van der Waals surface area contributed by atoms with Crippen molar-refractivity contribution < 1.29 is 25.2 Å². The average molecular weight is 876 g/mol. The van der Waals surface area contributed by atoms with Crippen LogP contribution in [-0.4, -0.2) is 20.1 Å². The first-order valence-corrected chi connectivity index (χ1v) is 17.5. The Morgan fingerprint density at radius 3 is 1.43 bits per heavy atom. The molecule has 0 aliphatic rings. The van der Waals surface area contributed by atoms with Crippen LogP contribution in [0.25, 0.3) is 55.2 Å². The molecule has 1 radical (unpaired) electrons. The maximum absolute atomic E-state index is 10.8. The van der Waals surface area contributed by atoms with Gasteiger partial charge in [-0.2, -0.15) is 0 Å². The largest absolute Gasteiger partial charge is 0.379 e. The number of nitrogens with zero attached hydrogens (tertiary/aromatic N) is 3. The van der Waals surface area contributed by atoms with Crippen molar-refractivity contribution in [3.63, 3.8) is 0 Å². The molecule has 3 aromatic heterocycles. The summed E-state index contributed by atoms with van der Waals surface area (Å²) in [5.74, 6) is 0. The Morgan fingerprint density at radius 2 is 0.926 bits per heavy atom. The smallest absolute Gasteiger partial charge is 0.129 e. The van der Waals surface area contributed by atoms with Crippen molar-refractivity contribution in [3.8, 4) is 33.6 Å². The predicted molar refractivity (Wildman–Crippen MR) is 217 cm³/mol. The van der Waals surface area contributed by atoms with Gasteiger partial charge in [0.1, 0.15) is 5.60 Å². The van der Waals surface area contributed by atoms with Gasteiger partial charge < -0.3 is 15.1 Å². The Morgan fingerprint density at radius 1 is 0.444 bits per heavy atom. The predicted octanol–water partition coefficient (Wildman–Crippen LogP) is 11.4. The van der Waals surface area contributed by atoms with Crippen LogP contribution in [0.15, 0.2) is 201 Å². The Kier molecular flexibility index (Phi) is 12.6. The normalized spacial score (nSPS) is 11.5. The molecule has 0 saturated carbocycles. The van der Waals surface area contributed by atoms with E-state index >= 15 is 0 Å². The molecule has 4 nitrogen and oxygen atoms in total. The number of aliphatic hydroxyl groups is 1. The standard InChI is InChI=1S/C19H17NO.2C15H10N.Ir/c1-19(21,18-9-5-6-14-20-18)17-12-10-16(11-13-17)15-7-3-2-4-8-15;2*1-2-7-13(8-3-1)15-14-9-5-4-6-12(14)10-11-16-15;/h2-14,21H,1H3;2*1-7,9-11H;/q;2*-1;. The van der Waals surface area contributed by atoms with E-state index in [0.29, 0.717) is 5.69 Å². The maximum Gasteiger partial charge on any atom is 0.129 e. The maximum atomic E-state index is 10.8. The van der Waals surface area contributed by atoms with E-state index in [4.69, 9.17) is 0 Å². The van der Waals surface area contributed by atoms with E-state index in [9.17, 15) is 5.11 Å². The van der Waals surface area contributed by atoms with Crippen molar-refractivity contribution in [2.24, 2.45) is 0 Å². The Hall–Kier alpha value is -6.10. The minimum atomic E-state index is -1.09. The molecule has 9 aromatic rings. The van der Waals surface area contributed by atoms with Gasteiger partial charge in [0.15, 0.2) is 0 Å². The third kappa shape index (κ3) is 8.91. The van der Waals surface area contributed by atoms with Gasteiger partial charge in [-0.25, -0.2) is 0 Å². The minimum Gasteiger partial charge on any atom is -0.379 e. The Labute approximate surface area is 330 Å². The molecule has 3 heterocycles. The minimum absolute atomic E-state index is 0. The van der Waals surface area contributed by atoms with E-state index in [1.165, 1.54) is 27.1 Å². The van der Waals surface area contributed by atoms with Crippen molar-refractivity contribution in [1.29, 1.82) is 0 Å². The molecule has 0 bridgehead atoms. The van der Waals surface area contributed by atoms with Crippen LogP contribution in [0.1, 0.15) is 18.2 Å². The molecular formula is C49H37IrN3O-2. The third-order valence-corrected chi connectivity index (χ3v) is 8.99. The first-order chi connectivity index (χ1) is 26.1. The summed E-state index contributed by atoms with van der Waals surface area (Å²) in [7, 11) is 0. The van der Waals surface area contributed by atoms with Crippen molar-refractivity contribution in [1.82, 2.24) is 15.0 Å². The van der Waals surface area contributed by atoms with E-state index < -0.39 is 5.60 Å². The molecule has 6 aromatic carbocycles. The van der Waals surface area contributed by atoms with Crippen LogP contribution in [-0.2, 0) is 25.7 Å². The molecule has 1 unspecified atom stereocenters. The van der Waals surface area contributed by atoms with Crippen LogP contribution in [0.5, 0.6) is 0 Å². The SMILES string of the molecule is CC(O)(c1ccc(-c2ccccc2)cc1)c1ccccn1.[Ir].[c-]1ccccc1-c1nccc2ccccc12.[c-]1ccccc1-c1nccc2ccccc12. The molecular weight excluding hydrogens is 839 g/mol. The molecule has 54 heavy (non-hydrogen) atoms. The Balaban J connectivity index is 0.000000139. The quantitative estimate of drug-likeness (QED) is 0.175. The second kappa shape index (κ2) is 18.1. The van der Waals surface area contributed by atoms with E-state index in [1.807, 2.05) is 158 Å². The van der Waals surface area contributed by atoms with Gasteiger partial charge in [0.05, 0.1) is 5.69 Å². The van der Waals surface area contributed by atoms with Crippen molar-refractivity contribution in [3.05, 3.63) is 224 Å². The number of pyridine rings is 3. The number of hydrogen-bond donors (Lipinski definition) is 1. The van der Waals surface area contributed by atoms with Gasteiger partial charge in [-0.3, -0.25) is 4.98 Å². The zero-order valence-electron chi connectivity index (χ0n) is 29.7. The van der Waals surface area contributed by atoms with Gasteiger partial charge in [-0.05, 0) is 80.8 Å². The van der Waals surface area contributed by atoms with Gasteiger partial charge in [-0.1, -0.05) is 109 Å². The molecule has 0 saturated heterocycles. The first kappa shape index (κ1) is 37.6. The molecule has 9 rings (SSSR count). The second-order valence-corrected chi connectivity index (χ2v) is 12.5. The van der Waals surface area contributed by atoms with Gasteiger partial charge in [0.2, 0.25) is 0 Å². The van der Waals surface area contributed by atoms with Crippen LogP contribution in [0.3, 0.4) is 0 Å². The summed E-state index contributed by atoms with van der Waals surface area (Å²) < 4.78 is 0. The van der Waals surface area contributed by atoms with Crippen molar-refractivity contribution >= 4 is 21.5 Å². The van der Waals surface area contributed by atoms with Crippen molar-refractivity contribution in [2.75, 3.05) is 0 Å². The number of benzene rings is 6. The second-order valence-electron chi connectivity index (χ2n) is 12.5. The van der Waals surface area contributed by atoms with Gasteiger partial charge in [0, 0.05) is 38.7 Å². The van der Waals surface area contributed by atoms with Crippen LogP contribution in [0, 0.1) is 12.1 Å². The average Bonchev–Trinajstić information content (AvgIpc) is 3.25. The number of fused-ring (bicyclic) bond motifs is 2. The van der Waals surface area contributed by atoms with Crippen LogP contribution in [0.2, 0.25) is 0 Å². The molecule has 5 heteroatoms. The molecule has 0 aliphatic heterocycles. The summed E-state index contributed by atoms with van der Waals surface area (Å²) in [6.07, 6.45) is 5.39. The Bertz CT molecular complexity index is 2390. The van der Waals surface area contributed by atoms with Gasteiger partial charge >= 0.3 is 0 Å². The molecule has 265 valence electrons. The van der Waals surface area contributed by atoms with Gasteiger partial charge in [0.25, 0.3) is 0 Å². The zero-order chi connectivity index (χ0) is 36.3. The van der Waals surface area contributed by atoms with Crippen LogP contribution in [0.4, 0.5) is 0 Å². The van der Waals surface area contributed by atoms with Crippen molar-refractivity contribution in [2.45, 2.75) is 12.5 Å². The van der Waals surface area contributed by atoms with E-state index in [1.54, 1.807) is 13.1 Å². The summed E-state index contributed by atoms with van der Waals surface area (Å²) >= 11 is 0. The fourth-order valence-corrected chi connectivity index (χ4v) is 6.17. The summed E-state index contributed by atoms with van der Waals surface area (Å²) in [6, 6.07) is 66.6. The van der Waals surface area contributed by atoms with E-state index in [2.05, 4.69) is 63.5 Å².